The van der Waals surface area contributed by atoms with E-state index in [2.05, 4.69) is 33.8 Å². The van der Waals surface area contributed by atoms with E-state index < -0.39 is 8.32 Å². The summed E-state index contributed by atoms with van der Waals surface area (Å²) in [6.45, 7) is 9.30. The molecule has 2 aliphatic rings. The first-order chi connectivity index (χ1) is 9.16. The normalized spacial score (nSPS) is 33.7. The Kier molecular flexibility index (Phi) is 4.94. The Morgan fingerprint density at radius 2 is 1.84 bits per heavy atom. The topological polar surface area (TPSA) is 9.23 Å². The summed E-state index contributed by atoms with van der Waals surface area (Å²) in [6, 6.07) is 3.85. The summed E-state index contributed by atoms with van der Waals surface area (Å²) >= 11 is 0. The molecule has 2 heteroatoms. The number of allylic oxidation sites excluding steroid dienone is 1. The number of hydrogen-bond acceptors (Lipinski definition) is 1. The highest BCUT2D eigenvalue weighted by Gasteiger charge is 2.51. The Morgan fingerprint density at radius 1 is 1.16 bits per heavy atom. The molecule has 2 aliphatic carbocycles. The lowest BCUT2D eigenvalue weighted by Crippen LogP contribution is -2.51. The van der Waals surface area contributed by atoms with Crippen LogP contribution in [0.5, 0.6) is 0 Å². The molecule has 0 aromatic heterocycles. The van der Waals surface area contributed by atoms with Gasteiger partial charge in [0.1, 0.15) is 0 Å². The van der Waals surface area contributed by atoms with E-state index in [0.29, 0.717) is 0 Å². The maximum atomic E-state index is 7.11. The van der Waals surface area contributed by atoms with Gasteiger partial charge in [0.25, 0.3) is 0 Å². The lowest BCUT2D eigenvalue weighted by Gasteiger charge is -2.47. The molecule has 2 saturated carbocycles. The maximum Gasteiger partial charge on any atom is 0.193 e. The van der Waals surface area contributed by atoms with Crippen molar-refractivity contribution in [1.82, 2.24) is 0 Å². The van der Waals surface area contributed by atoms with E-state index in [1.165, 1.54) is 56.7 Å². The zero-order valence-electron chi connectivity index (χ0n) is 13.4. The van der Waals surface area contributed by atoms with E-state index in [9.17, 15) is 0 Å². The average molecular weight is 281 g/mol. The van der Waals surface area contributed by atoms with Gasteiger partial charge in [0.2, 0.25) is 0 Å². The van der Waals surface area contributed by atoms with Crippen LogP contribution in [-0.2, 0) is 4.43 Å². The molecule has 0 aromatic rings. The molecule has 0 radical (unpaired) electrons. The van der Waals surface area contributed by atoms with Gasteiger partial charge in [0.05, 0.1) is 5.60 Å². The molecule has 0 saturated heterocycles. The van der Waals surface area contributed by atoms with Crippen molar-refractivity contribution >= 4 is 8.32 Å². The van der Waals surface area contributed by atoms with Crippen molar-refractivity contribution in [3.05, 3.63) is 11.6 Å². The third-order valence-electron chi connectivity index (χ3n) is 6.00. The third-order valence-corrected chi connectivity index (χ3v) is 10.7. The molecule has 0 N–H and O–H groups in total. The van der Waals surface area contributed by atoms with Gasteiger partial charge in [-0.1, -0.05) is 39.7 Å². The van der Waals surface area contributed by atoms with Gasteiger partial charge in [-0.2, -0.15) is 0 Å². The van der Waals surface area contributed by atoms with Crippen LogP contribution in [-0.4, -0.2) is 13.9 Å². The van der Waals surface area contributed by atoms with Crippen molar-refractivity contribution in [2.45, 2.75) is 90.0 Å². The minimum Gasteiger partial charge on any atom is -0.407 e. The Hall–Kier alpha value is -0.0831. The van der Waals surface area contributed by atoms with Crippen LogP contribution in [0.15, 0.2) is 11.6 Å². The predicted octanol–water partition coefficient (Wildman–Crippen LogP) is 5.68. The summed E-state index contributed by atoms with van der Waals surface area (Å²) in [4.78, 5) is 0. The van der Waals surface area contributed by atoms with E-state index in [1.807, 2.05) is 0 Å². The molecule has 0 aliphatic heterocycles. The van der Waals surface area contributed by atoms with E-state index in [4.69, 9.17) is 4.43 Å². The van der Waals surface area contributed by atoms with Gasteiger partial charge in [-0.05, 0) is 62.2 Å². The van der Waals surface area contributed by atoms with Crippen LogP contribution < -0.4 is 0 Å². The van der Waals surface area contributed by atoms with Crippen LogP contribution in [0.25, 0.3) is 0 Å². The van der Waals surface area contributed by atoms with Crippen LogP contribution >= 0.6 is 0 Å². The second-order valence-electron chi connectivity index (χ2n) is 6.53. The van der Waals surface area contributed by atoms with Crippen LogP contribution in [0, 0.1) is 5.92 Å². The molecule has 0 unspecified atom stereocenters. The SMILES string of the molecule is C/C=C1\CC[C@@H]2CCCC[C@]12O[Si](CC)(CC)CC. The molecular formula is C17H32OSi. The fraction of sp³-hybridized carbons (Fsp3) is 0.882. The van der Waals surface area contributed by atoms with Gasteiger partial charge >= 0.3 is 0 Å². The van der Waals surface area contributed by atoms with E-state index in [0.717, 1.165) is 5.92 Å². The molecule has 19 heavy (non-hydrogen) atoms. The van der Waals surface area contributed by atoms with Crippen molar-refractivity contribution < 1.29 is 4.43 Å². The molecule has 0 heterocycles. The monoisotopic (exact) mass is 280 g/mol. The summed E-state index contributed by atoms with van der Waals surface area (Å²) in [5.74, 6) is 0.823. The van der Waals surface area contributed by atoms with Gasteiger partial charge in [-0.15, -0.1) is 0 Å². The molecule has 0 amide bonds. The van der Waals surface area contributed by atoms with Gasteiger partial charge in [-0.25, -0.2) is 0 Å². The zero-order valence-corrected chi connectivity index (χ0v) is 14.4. The van der Waals surface area contributed by atoms with Crippen LogP contribution in [0.1, 0.15) is 66.2 Å². The fourth-order valence-corrected chi connectivity index (χ4v) is 7.60. The zero-order chi connectivity index (χ0) is 13.9. The Labute approximate surface area is 120 Å². The van der Waals surface area contributed by atoms with Crippen LogP contribution in [0.2, 0.25) is 18.1 Å². The molecule has 0 aromatic carbocycles. The molecule has 2 rings (SSSR count). The van der Waals surface area contributed by atoms with Gasteiger partial charge in [0.15, 0.2) is 8.32 Å². The molecule has 0 spiro atoms. The molecule has 2 fully saturated rings. The number of hydrogen-bond donors (Lipinski definition) is 0. The van der Waals surface area contributed by atoms with Crippen molar-refractivity contribution in [2.75, 3.05) is 0 Å². The molecule has 1 nitrogen and oxygen atoms in total. The van der Waals surface area contributed by atoms with Crippen molar-refractivity contribution in [3.8, 4) is 0 Å². The number of rotatable bonds is 5. The highest BCUT2D eigenvalue weighted by molar-refractivity contribution is 6.73. The Morgan fingerprint density at radius 3 is 2.42 bits per heavy atom. The highest BCUT2D eigenvalue weighted by atomic mass is 28.4. The summed E-state index contributed by atoms with van der Waals surface area (Å²) in [7, 11) is -1.50. The first-order valence-electron chi connectivity index (χ1n) is 8.52. The fourth-order valence-electron chi connectivity index (χ4n) is 4.50. The molecule has 110 valence electrons. The second-order valence-corrected chi connectivity index (χ2v) is 11.2. The minimum absolute atomic E-state index is 0.168. The minimum atomic E-state index is -1.50. The first kappa shape index (κ1) is 15.3. The summed E-state index contributed by atoms with van der Waals surface area (Å²) < 4.78 is 7.11. The molecule has 2 atom stereocenters. The smallest absolute Gasteiger partial charge is 0.193 e. The lowest BCUT2D eigenvalue weighted by atomic mass is 9.76. The molecular weight excluding hydrogens is 248 g/mol. The first-order valence-corrected chi connectivity index (χ1v) is 11.0. The largest absolute Gasteiger partial charge is 0.407 e. The quantitative estimate of drug-likeness (QED) is 0.465. The van der Waals surface area contributed by atoms with Gasteiger partial charge in [0, 0.05) is 0 Å². The van der Waals surface area contributed by atoms with E-state index in [1.54, 1.807) is 5.57 Å². The summed E-state index contributed by atoms with van der Waals surface area (Å²) in [6.07, 6.45) is 10.5. The van der Waals surface area contributed by atoms with Crippen molar-refractivity contribution in [1.29, 1.82) is 0 Å². The number of fused-ring (bicyclic) bond motifs is 1. The van der Waals surface area contributed by atoms with Crippen LogP contribution in [0.3, 0.4) is 0 Å². The van der Waals surface area contributed by atoms with Gasteiger partial charge < -0.3 is 4.43 Å². The molecule has 0 bridgehead atoms. The Bertz CT molecular complexity index is 324. The summed E-state index contributed by atoms with van der Waals surface area (Å²) in [5.41, 5.74) is 1.81. The van der Waals surface area contributed by atoms with E-state index in [-0.39, 0.29) is 5.60 Å². The average Bonchev–Trinajstić information content (AvgIpc) is 2.83. The lowest BCUT2D eigenvalue weighted by molar-refractivity contribution is 0.0170. The highest BCUT2D eigenvalue weighted by Crippen LogP contribution is 2.53. The Balaban J connectivity index is 2.31. The van der Waals surface area contributed by atoms with Gasteiger partial charge in [-0.3, -0.25) is 0 Å². The standard InChI is InChI=1S/C17H32OSi/c1-5-15-12-13-16-11-9-10-14-17(15,16)18-19(6-2,7-3)8-4/h5,16H,6-14H2,1-4H3/b15-5+/t16-,17-/m0/s1. The summed E-state index contributed by atoms with van der Waals surface area (Å²) in [5, 5.41) is 0. The maximum absolute atomic E-state index is 7.11. The predicted molar refractivity (Wildman–Crippen MR) is 86.0 cm³/mol. The van der Waals surface area contributed by atoms with Crippen LogP contribution in [0.4, 0.5) is 0 Å². The second kappa shape index (κ2) is 6.13. The van der Waals surface area contributed by atoms with Crippen molar-refractivity contribution in [2.24, 2.45) is 5.92 Å². The van der Waals surface area contributed by atoms with Crippen molar-refractivity contribution in [3.63, 3.8) is 0 Å². The van der Waals surface area contributed by atoms with E-state index >= 15 is 0 Å². The third kappa shape index (κ3) is 2.58.